The van der Waals surface area contributed by atoms with E-state index in [4.69, 9.17) is 4.74 Å². The lowest BCUT2D eigenvalue weighted by Crippen LogP contribution is -2.46. The van der Waals surface area contributed by atoms with Crippen LogP contribution in [0.25, 0.3) is 0 Å². The van der Waals surface area contributed by atoms with Gasteiger partial charge < -0.3 is 9.64 Å². The lowest BCUT2D eigenvalue weighted by atomic mass is 10.2. The number of benzene rings is 2. The largest absolute Gasteiger partial charge is 0.485 e. The highest BCUT2D eigenvalue weighted by Crippen LogP contribution is 2.33. The molecule has 0 saturated carbocycles. The maximum Gasteiger partial charge on any atom is 0.242 e. The second-order valence-electron chi connectivity index (χ2n) is 6.34. The number of aryl methyl sites for hydroxylation is 1. The first-order valence-electron chi connectivity index (χ1n) is 8.45. The summed E-state index contributed by atoms with van der Waals surface area (Å²) >= 11 is 0. The van der Waals surface area contributed by atoms with Crippen LogP contribution in [0.15, 0.2) is 53.4 Å². The molecule has 0 fully saturated rings. The highest BCUT2D eigenvalue weighted by Gasteiger charge is 2.29. The normalized spacial score (nSPS) is 17.3. The molecule has 1 heterocycles. The third kappa shape index (κ3) is 3.65. The Morgan fingerprint density at radius 1 is 1.16 bits per heavy atom. The molecule has 0 aliphatic carbocycles. The molecule has 2 aromatic rings. The second-order valence-corrected chi connectivity index (χ2v) is 8.39. The van der Waals surface area contributed by atoms with Gasteiger partial charge in [-0.2, -0.15) is 4.31 Å². The van der Waals surface area contributed by atoms with E-state index in [1.165, 1.54) is 4.31 Å². The number of rotatable bonds is 5. The monoisotopic (exact) mass is 360 g/mol. The van der Waals surface area contributed by atoms with Crippen LogP contribution in [0.5, 0.6) is 5.75 Å². The number of likely N-dealkylation sites (N-methyl/N-ethyl adjacent to an activating group) is 2. The van der Waals surface area contributed by atoms with Crippen LogP contribution in [-0.2, 0) is 10.0 Å². The van der Waals surface area contributed by atoms with Gasteiger partial charge in [0, 0.05) is 13.6 Å². The van der Waals surface area contributed by atoms with Crippen molar-refractivity contribution in [2.45, 2.75) is 24.8 Å². The summed E-state index contributed by atoms with van der Waals surface area (Å²) in [6, 6.07) is 14.8. The fourth-order valence-corrected chi connectivity index (χ4v) is 4.25. The van der Waals surface area contributed by atoms with Crippen molar-refractivity contribution in [3.8, 4) is 5.75 Å². The predicted molar refractivity (Wildman–Crippen MR) is 99.7 cm³/mol. The van der Waals surface area contributed by atoms with Crippen molar-refractivity contribution in [3.05, 3.63) is 54.1 Å². The molecule has 25 heavy (non-hydrogen) atoms. The minimum atomic E-state index is -3.52. The molecule has 134 valence electrons. The average Bonchev–Trinajstić information content (AvgIpc) is 2.61. The molecule has 0 amide bonds. The van der Waals surface area contributed by atoms with Crippen LogP contribution < -0.4 is 9.64 Å². The first-order valence-corrected chi connectivity index (χ1v) is 9.89. The minimum Gasteiger partial charge on any atom is -0.485 e. The van der Waals surface area contributed by atoms with E-state index in [2.05, 4.69) is 11.8 Å². The number of nitrogens with zero attached hydrogens (tertiary/aromatic N) is 2. The summed E-state index contributed by atoms with van der Waals surface area (Å²) < 4.78 is 33.0. The summed E-state index contributed by atoms with van der Waals surface area (Å²) in [5, 5.41) is 0. The summed E-state index contributed by atoms with van der Waals surface area (Å²) in [6.45, 7) is 5.85. The fraction of sp³-hybridized carbons (Fsp3) is 0.368. The zero-order valence-electron chi connectivity index (χ0n) is 14.8. The van der Waals surface area contributed by atoms with Crippen molar-refractivity contribution < 1.29 is 13.2 Å². The van der Waals surface area contributed by atoms with Crippen molar-refractivity contribution in [1.82, 2.24) is 4.31 Å². The van der Waals surface area contributed by atoms with Gasteiger partial charge in [0.05, 0.1) is 23.7 Å². The van der Waals surface area contributed by atoms with E-state index in [-0.39, 0.29) is 6.10 Å². The van der Waals surface area contributed by atoms with Crippen LogP contribution in [-0.4, -0.2) is 45.5 Å². The van der Waals surface area contributed by atoms with Gasteiger partial charge in [0.2, 0.25) is 10.0 Å². The van der Waals surface area contributed by atoms with Crippen molar-refractivity contribution in [2.75, 3.05) is 31.6 Å². The van der Waals surface area contributed by atoms with Crippen LogP contribution in [0.3, 0.4) is 0 Å². The summed E-state index contributed by atoms with van der Waals surface area (Å²) in [6.07, 6.45) is -0.208. The van der Waals surface area contributed by atoms with E-state index in [1.54, 1.807) is 19.2 Å². The Bertz CT molecular complexity index is 834. The molecule has 0 unspecified atom stereocenters. The quantitative estimate of drug-likeness (QED) is 0.823. The van der Waals surface area contributed by atoms with E-state index < -0.39 is 10.0 Å². The average molecular weight is 360 g/mol. The van der Waals surface area contributed by atoms with Crippen LogP contribution in [0, 0.1) is 6.92 Å². The Hall–Kier alpha value is -2.05. The maximum atomic E-state index is 12.8. The Morgan fingerprint density at radius 3 is 2.52 bits per heavy atom. The molecule has 0 aromatic heterocycles. The van der Waals surface area contributed by atoms with E-state index >= 15 is 0 Å². The predicted octanol–water partition coefficient (Wildman–Crippen LogP) is 2.90. The molecule has 0 saturated heterocycles. The third-order valence-corrected chi connectivity index (χ3v) is 6.33. The smallest absolute Gasteiger partial charge is 0.242 e. The van der Waals surface area contributed by atoms with Gasteiger partial charge in [0.15, 0.2) is 0 Å². The molecular weight excluding hydrogens is 336 g/mol. The SMILES string of the molecule is CCN1C[C@H](CN(C)S(=O)(=O)c2ccc(C)cc2)Oc2ccccc21. The molecule has 0 N–H and O–H groups in total. The molecule has 6 heteroatoms. The highest BCUT2D eigenvalue weighted by atomic mass is 32.2. The first kappa shape index (κ1) is 17.8. The number of hydrogen-bond donors (Lipinski definition) is 0. The van der Waals surface area contributed by atoms with Crippen LogP contribution in [0.4, 0.5) is 5.69 Å². The van der Waals surface area contributed by atoms with Crippen LogP contribution >= 0.6 is 0 Å². The van der Waals surface area contributed by atoms with Gasteiger partial charge >= 0.3 is 0 Å². The summed E-state index contributed by atoms with van der Waals surface area (Å²) in [5.41, 5.74) is 2.10. The first-order chi connectivity index (χ1) is 11.9. The second kappa shape index (κ2) is 7.06. The van der Waals surface area contributed by atoms with Gasteiger partial charge in [-0.1, -0.05) is 29.8 Å². The van der Waals surface area contributed by atoms with Gasteiger partial charge in [-0.3, -0.25) is 0 Å². The molecular formula is C19H24N2O3S. The number of para-hydroxylation sites is 2. The molecule has 3 rings (SSSR count). The zero-order valence-corrected chi connectivity index (χ0v) is 15.7. The topological polar surface area (TPSA) is 49.9 Å². The Labute approximate surface area is 149 Å². The Morgan fingerprint density at radius 2 is 1.84 bits per heavy atom. The molecule has 0 spiro atoms. The molecule has 0 radical (unpaired) electrons. The van der Waals surface area contributed by atoms with Crippen molar-refractivity contribution in [2.24, 2.45) is 0 Å². The van der Waals surface area contributed by atoms with Gasteiger partial charge in [-0.05, 0) is 38.1 Å². The lowest BCUT2D eigenvalue weighted by molar-refractivity contribution is 0.171. The molecule has 0 bridgehead atoms. The number of hydrogen-bond acceptors (Lipinski definition) is 4. The van der Waals surface area contributed by atoms with E-state index in [0.717, 1.165) is 23.5 Å². The van der Waals surface area contributed by atoms with E-state index in [1.807, 2.05) is 43.3 Å². The molecule has 1 aliphatic rings. The van der Waals surface area contributed by atoms with E-state index in [9.17, 15) is 8.42 Å². The minimum absolute atomic E-state index is 0.208. The van der Waals surface area contributed by atoms with Gasteiger partial charge in [0.1, 0.15) is 11.9 Å². The van der Waals surface area contributed by atoms with Crippen LogP contribution in [0.2, 0.25) is 0 Å². The summed E-state index contributed by atoms with van der Waals surface area (Å²) in [5.74, 6) is 0.807. The van der Waals surface area contributed by atoms with Crippen LogP contribution in [0.1, 0.15) is 12.5 Å². The Balaban J connectivity index is 1.77. The number of anilines is 1. The number of sulfonamides is 1. The molecule has 1 atom stereocenters. The summed E-state index contributed by atoms with van der Waals surface area (Å²) in [7, 11) is -1.92. The van der Waals surface area contributed by atoms with Gasteiger partial charge in [-0.25, -0.2) is 8.42 Å². The Kier molecular flexibility index (Phi) is 5.01. The lowest BCUT2D eigenvalue weighted by Gasteiger charge is -2.36. The standard InChI is InChI=1S/C19H24N2O3S/c1-4-21-14-16(24-19-8-6-5-7-18(19)21)13-20(3)25(22,23)17-11-9-15(2)10-12-17/h5-12,16H,4,13-14H2,1-3H3/t16-/m0/s1. The zero-order chi connectivity index (χ0) is 18.0. The van der Waals surface area contributed by atoms with Crippen molar-refractivity contribution in [1.29, 1.82) is 0 Å². The van der Waals surface area contributed by atoms with Crippen molar-refractivity contribution >= 4 is 15.7 Å². The van der Waals surface area contributed by atoms with Gasteiger partial charge in [0.25, 0.3) is 0 Å². The molecule has 1 aliphatic heterocycles. The van der Waals surface area contributed by atoms with Gasteiger partial charge in [-0.15, -0.1) is 0 Å². The maximum absolute atomic E-state index is 12.8. The summed E-state index contributed by atoms with van der Waals surface area (Å²) in [4.78, 5) is 2.53. The molecule has 5 nitrogen and oxygen atoms in total. The van der Waals surface area contributed by atoms with Crippen molar-refractivity contribution in [3.63, 3.8) is 0 Å². The van der Waals surface area contributed by atoms with E-state index in [0.29, 0.717) is 18.0 Å². The third-order valence-electron chi connectivity index (χ3n) is 4.50. The fourth-order valence-electron chi connectivity index (χ4n) is 3.05. The molecule has 2 aromatic carbocycles. The number of fused-ring (bicyclic) bond motifs is 1. The highest BCUT2D eigenvalue weighted by molar-refractivity contribution is 7.89. The number of ether oxygens (including phenoxy) is 1.